The molecule has 1 rings (SSSR count). The molecule has 0 amide bonds. The van der Waals surface area contributed by atoms with Crippen LogP contribution in [0, 0.1) is 0 Å². The number of rotatable bonds is 5. The molecule has 2 unspecified atom stereocenters. The molecule has 1 saturated heterocycles. The van der Waals surface area contributed by atoms with Crippen LogP contribution in [-0.4, -0.2) is 68.3 Å². The maximum Gasteiger partial charge on any atom is 0.111 e. The molecular weight excluding hydrogens is 240 g/mol. The van der Waals surface area contributed by atoms with Crippen LogP contribution in [0.5, 0.6) is 0 Å². The normalized spacial score (nSPS) is 40.2. The Balaban J connectivity index is 2.73. The Morgan fingerprint density at radius 2 is 1.72 bits per heavy atom. The molecule has 0 spiro atoms. The fourth-order valence-corrected chi connectivity index (χ4v) is 2.17. The van der Waals surface area contributed by atoms with E-state index in [0.717, 1.165) is 0 Å². The van der Waals surface area contributed by atoms with Gasteiger partial charge in [0.25, 0.3) is 0 Å². The van der Waals surface area contributed by atoms with Gasteiger partial charge in [0.1, 0.15) is 24.4 Å². The minimum absolute atomic E-state index is 0.0699. The summed E-state index contributed by atoms with van der Waals surface area (Å²) in [5.74, 6) is 0. The molecule has 0 aromatic heterocycles. The molecule has 1 fully saturated rings. The van der Waals surface area contributed by atoms with Gasteiger partial charge in [0.2, 0.25) is 0 Å². The van der Waals surface area contributed by atoms with Crippen molar-refractivity contribution in [3.63, 3.8) is 0 Å². The minimum Gasteiger partial charge on any atom is -0.394 e. The molecule has 5 N–H and O–H groups in total. The van der Waals surface area contributed by atoms with Crippen LogP contribution in [0.1, 0.15) is 19.8 Å². The van der Waals surface area contributed by atoms with E-state index in [4.69, 9.17) is 9.84 Å². The van der Waals surface area contributed by atoms with E-state index in [9.17, 15) is 20.4 Å². The lowest BCUT2D eigenvalue weighted by atomic mass is 9.87. The van der Waals surface area contributed by atoms with Crippen LogP contribution in [0.2, 0.25) is 0 Å². The second kappa shape index (κ2) is 6.10. The van der Waals surface area contributed by atoms with Crippen molar-refractivity contribution in [1.29, 1.82) is 0 Å². The average molecular weight is 262 g/mol. The average Bonchev–Trinajstić information content (AvgIpc) is 2.29. The van der Waals surface area contributed by atoms with E-state index < -0.39 is 42.7 Å². The quantitative estimate of drug-likeness (QED) is 0.388. The molecule has 0 radical (unpaired) electrons. The standard InChI is InChI=1S/C12H22O6/c1-3-4-12(2,17)5-7-9(14)11(16)10(15)8(6-13)18-7/h3,7-11,13-17H,1,4-6H2,2H3/t7?,8-,9+,10-,11-,12?/m1/s1. The predicted molar refractivity (Wildman–Crippen MR) is 63.8 cm³/mol. The Hall–Kier alpha value is -0.500. The van der Waals surface area contributed by atoms with Gasteiger partial charge in [-0.25, -0.2) is 0 Å². The van der Waals surface area contributed by atoms with Gasteiger partial charge < -0.3 is 30.3 Å². The van der Waals surface area contributed by atoms with Crippen LogP contribution in [0.4, 0.5) is 0 Å². The van der Waals surface area contributed by atoms with E-state index in [1.54, 1.807) is 13.0 Å². The third-order valence-electron chi connectivity index (χ3n) is 3.22. The Bertz CT molecular complexity index is 278. The molecule has 106 valence electrons. The number of hydrogen-bond acceptors (Lipinski definition) is 6. The van der Waals surface area contributed by atoms with Crippen molar-refractivity contribution in [1.82, 2.24) is 0 Å². The molecule has 0 aromatic rings. The van der Waals surface area contributed by atoms with Gasteiger partial charge in [-0.3, -0.25) is 0 Å². The molecule has 0 saturated carbocycles. The molecule has 1 aliphatic heterocycles. The first kappa shape index (κ1) is 15.6. The van der Waals surface area contributed by atoms with Crippen LogP contribution in [0.25, 0.3) is 0 Å². The summed E-state index contributed by atoms with van der Waals surface area (Å²) >= 11 is 0. The smallest absolute Gasteiger partial charge is 0.111 e. The highest BCUT2D eigenvalue weighted by Gasteiger charge is 2.45. The first-order valence-corrected chi connectivity index (χ1v) is 5.96. The highest BCUT2D eigenvalue weighted by atomic mass is 16.5. The number of aliphatic hydroxyl groups is 5. The van der Waals surface area contributed by atoms with Crippen LogP contribution < -0.4 is 0 Å². The second-order valence-corrected chi connectivity index (χ2v) is 5.06. The van der Waals surface area contributed by atoms with Gasteiger partial charge in [0, 0.05) is 6.42 Å². The molecule has 1 heterocycles. The zero-order valence-corrected chi connectivity index (χ0v) is 10.4. The summed E-state index contributed by atoms with van der Waals surface area (Å²) in [5.41, 5.74) is -1.13. The largest absolute Gasteiger partial charge is 0.394 e. The SMILES string of the molecule is C=CCC(C)(O)CC1O[C@H](CO)[C@@H](O)[C@H](O)[C@H]1O. The number of hydrogen-bond donors (Lipinski definition) is 5. The number of ether oxygens (including phenoxy) is 1. The summed E-state index contributed by atoms with van der Waals surface area (Å²) in [6.45, 7) is 4.62. The van der Waals surface area contributed by atoms with E-state index in [2.05, 4.69) is 6.58 Å². The van der Waals surface area contributed by atoms with Gasteiger partial charge in [-0.15, -0.1) is 6.58 Å². The van der Waals surface area contributed by atoms with Gasteiger partial charge in [-0.2, -0.15) is 0 Å². The summed E-state index contributed by atoms with van der Waals surface area (Å²) in [6.07, 6.45) is -3.94. The topological polar surface area (TPSA) is 110 Å². The van der Waals surface area contributed by atoms with Crippen molar-refractivity contribution in [2.75, 3.05) is 6.61 Å². The van der Waals surface area contributed by atoms with E-state index in [-0.39, 0.29) is 6.42 Å². The monoisotopic (exact) mass is 262 g/mol. The highest BCUT2D eigenvalue weighted by Crippen LogP contribution is 2.28. The molecular formula is C12H22O6. The van der Waals surface area contributed by atoms with Gasteiger partial charge in [-0.1, -0.05) is 6.08 Å². The lowest BCUT2D eigenvalue weighted by Crippen LogP contribution is -2.59. The van der Waals surface area contributed by atoms with E-state index >= 15 is 0 Å². The summed E-state index contributed by atoms with van der Waals surface area (Å²) in [7, 11) is 0. The van der Waals surface area contributed by atoms with E-state index in [1.807, 2.05) is 0 Å². The van der Waals surface area contributed by atoms with Crippen LogP contribution in [0.15, 0.2) is 12.7 Å². The molecule has 6 heteroatoms. The summed E-state index contributed by atoms with van der Waals surface area (Å²) in [5, 5.41) is 48.1. The highest BCUT2D eigenvalue weighted by molar-refractivity contribution is 4.95. The van der Waals surface area contributed by atoms with Crippen LogP contribution in [0.3, 0.4) is 0 Å². The first-order valence-electron chi connectivity index (χ1n) is 5.96. The van der Waals surface area contributed by atoms with Crippen molar-refractivity contribution in [3.05, 3.63) is 12.7 Å². The van der Waals surface area contributed by atoms with Gasteiger partial charge in [-0.05, 0) is 13.3 Å². The molecule has 1 aliphatic rings. The van der Waals surface area contributed by atoms with Crippen LogP contribution >= 0.6 is 0 Å². The summed E-state index contributed by atoms with van der Waals surface area (Å²) < 4.78 is 5.31. The Morgan fingerprint density at radius 1 is 1.17 bits per heavy atom. The van der Waals surface area contributed by atoms with E-state index in [0.29, 0.717) is 6.42 Å². The van der Waals surface area contributed by atoms with E-state index in [1.165, 1.54) is 0 Å². The predicted octanol–water partition coefficient (Wildman–Crippen LogP) is -1.45. The molecule has 6 atom stereocenters. The first-order chi connectivity index (χ1) is 8.32. The summed E-state index contributed by atoms with van der Waals surface area (Å²) in [6, 6.07) is 0. The third-order valence-corrected chi connectivity index (χ3v) is 3.22. The maximum atomic E-state index is 10.0. The van der Waals surface area contributed by atoms with Crippen molar-refractivity contribution < 1.29 is 30.3 Å². The van der Waals surface area contributed by atoms with Crippen molar-refractivity contribution >= 4 is 0 Å². The number of aliphatic hydroxyl groups excluding tert-OH is 4. The fraction of sp³-hybridized carbons (Fsp3) is 0.833. The van der Waals surface area contributed by atoms with Gasteiger partial charge in [0.15, 0.2) is 0 Å². The van der Waals surface area contributed by atoms with Crippen molar-refractivity contribution in [2.45, 2.75) is 55.9 Å². The zero-order valence-electron chi connectivity index (χ0n) is 10.4. The molecule has 0 aliphatic carbocycles. The third kappa shape index (κ3) is 3.50. The molecule has 0 bridgehead atoms. The van der Waals surface area contributed by atoms with Crippen molar-refractivity contribution in [2.24, 2.45) is 0 Å². The van der Waals surface area contributed by atoms with Gasteiger partial charge in [0.05, 0.1) is 18.3 Å². The molecule has 6 nitrogen and oxygen atoms in total. The lowest BCUT2D eigenvalue weighted by Gasteiger charge is -2.42. The minimum atomic E-state index is -1.40. The molecule has 0 aromatic carbocycles. The summed E-state index contributed by atoms with van der Waals surface area (Å²) in [4.78, 5) is 0. The fourth-order valence-electron chi connectivity index (χ4n) is 2.17. The Labute approximate surface area is 106 Å². The van der Waals surface area contributed by atoms with Crippen molar-refractivity contribution in [3.8, 4) is 0 Å². The zero-order chi connectivity index (χ0) is 13.9. The Kier molecular flexibility index (Phi) is 5.27. The molecule has 18 heavy (non-hydrogen) atoms. The second-order valence-electron chi connectivity index (χ2n) is 5.06. The Morgan fingerprint density at radius 3 is 2.22 bits per heavy atom. The lowest BCUT2D eigenvalue weighted by molar-refractivity contribution is -0.238. The maximum absolute atomic E-state index is 10.0. The van der Waals surface area contributed by atoms with Crippen LogP contribution in [-0.2, 0) is 4.74 Å². The van der Waals surface area contributed by atoms with Gasteiger partial charge >= 0.3 is 0 Å².